The second-order valence-corrected chi connectivity index (χ2v) is 4.35. The number of carbonyl (C=O) groups excluding carboxylic acids is 1. The maximum Gasteiger partial charge on any atom is 0.257 e. The van der Waals surface area contributed by atoms with Crippen molar-refractivity contribution in [2.24, 2.45) is 0 Å². The Morgan fingerprint density at radius 1 is 1.43 bits per heavy atom. The predicted molar refractivity (Wildman–Crippen MR) is 77.3 cm³/mol. The van der Waals surface area contributed by atoms with Crippen LogP contribution in [0.1, 0.15) is 21.5 Å². The maximum absolute atomic E-state index is 13.3. The number of aromatic nitrogens is 1. The summed E-state index contributed by atoms with van der Waals surface area (Å²) in [6.07, 6.45) is 2.91. The van der Waals surface area contributed by atoms with Gasteiger partial charge >= 0.3 is 0 Å². The standard InChI is InChI=1S/C16H13FN2O2/c1-11-7-13(17)9-14(8-11)19-16(21)15-4-5-18-10-12(15)3-2-6-20/h4-5,7-10,20H,6H2,1H3,(H,19,21). The summed E-state index contributed by atoms with van der Waals surface area (Å²) in [6.45, 7) is 1.43. The van der Waals surface area contributed by atoms with Crippen LogP contribution >= 0.6 is 0 Å². The predicted octanol–water partition coefficient (Wildman–Crippen LogP) is 2.13. The van der Waals surface area contributed by atoms with E-state index in [1.807, 2.05) is 0 Å². The molecule has 1 aromatic carbocycles. The Hall–Kier alpha value is -2.71. The molecule has 0 saturated heterocycles. The summed E-state index contributed by atoms with van der Waals surface area (Å²) in [6, 6.07) is 5.80. The highest BCUT2D eigenvalue weighted by Gasteiger charge is 2.11. The minimum Gasteiger partial charge on any atom is -0.384 e. The first kappa shape index (κ1) is 14.7. The van der Waals surface area contributed by atoms with Gasteiger partial charge in [-0.3, -0.25) is 9.78 Å². The van der Waals surface area contributed by atoms with Gasteiger partial charge in [-0.15, -0.1) is 0 Å². The lowest BCUT2D eigenvalue weighted by Gasteiger charge is -2.07. The Morgan fingerprint density at radius 2 is 2.24 bits per heavy atom. The molecule has 5 heteroatoms. The molecule has 2 N–H and O–H groups in total. The number of halogens is 1. The Kier molecular flexibility index (Phi) is 4.64. The molecule has 1 aromatic heterocycles. The fourth-order valence-electron chi connectivity index (χ4n) is 1.83. The van der Waals surface area contributed by atoms with Crippen LogP contribution in [-0.4, -0.2) is 22.6 Å². The molecule has 0 spiro atoms. The zero-order chi connectivity index (χ0) is 15.2. The van der Waals surface area contributed by atoms with E-state index in [4.69, 9.17) is 5.11 Å². The van der Waals surface area contributed by atoms with Gasteiger partial charge in [-0.2, -0.15) is 0 Å². The van der Waals surface area contributed by atoms with Crippen LogP contribution in [0, 0.1) is 24.6 Å². The highest BCUT2D eigenvalue weighted by atomic mass is 19.1. The number of hydrogen-bond donors (Lipinski definition) is 2. The van der Waals surface area contributed by atoms with Crippen LogP contribution in [0.4, 0.5) is 10.1 Å². The molecule has 1 amide bonds. The zero-order valence-corrected chi connectivity index (χ0v) is 11.4. The Morgan fingerprint density at radius 3 is 2.95 bits per heavy atom. The lowest BCUT2D eigenvalue weighted by atomic mass is 10.1. The van der Waals surface area contributed by atoms with Crippen molar-refractivity contribution in [2.75, 3.05) is 11.9 Å². The van der Waals surface area contributed by atoms with E-state index < -0.39 is 11.7 Å². The topological polar surface area (TPSA) is 62.2 Å². The van der Waals surface area contributed by atoms with Gasteiger partial charge in [0.05, 0.1) is 11.1 Å². The molecule has 0 atom stereocenters. The number of aliphatic hydroxyl groups excluding tert-OH is 1. The van der Waals surface area contributed by atoms with Gasteiger partial charge in [0.25, 0.3) is 5.91 Å². The minimum atomic E-state index is -0.416. The molecule has 4 nitrogen and oxygen atoms in total. The molecule has 0 unspecified atom stereocenters. The molecule has 0 fully saturated rings. The van der Waals surface area contributed by atoms with Crippen LogP contribution in [0.2, 0.25) is 0 Å². The third kappa shape index (κ3) is 3.88. The number of nitrogens with one attached hydrogen (secondary N) is 1. The van der Waals surface area contributed by atoms with Crippen LogP contribution in [0.5, 0.6) is 0 Å². The second kappa shape index (κ2) is 6.64. The van der Waals surface area contributed by atoms with E-state index in [0.29, 0.717) is 22.4 Å². The van der Waals surface area contributed by atoms with Crippen molar-refractivity contribution in [1.82, 2.24) is 4.98 Å². The van der Waals surface area contributed by atoms with Gasteiger partial charge in [0.1, 0.15) is 12.4 Å². The number of aliphatic hydroxyl groups is 1. The van der Waals surface area contributed by atoms with Crippen molar-refractivity contribution >= 4 is 11.6 Å². The number of amides is 1. The minimum absolute atomic E-state index is 0.307. The molecule has 0 bridgehead atoms. The lowest BCUT2D eigenvalue weighted by Crippen LogP contribution is -2.14. The average Bonchev–Trinajstić information content (AvgIpc) is 2.44. The average molecular weight is 284 g/mol. The highest BCUT2D eigenvalue weighted by molar-refractivity contribution is 6.05. The first-order valence-electron chi connectivity index (χ1n) is 6.22. The number of benzene rings is 1. The van der Waals surface area contributed by atoms with E-state index >= 15 is 0 Å². The molecule has 0 radical (unpaired) electrons. The van der Waals surface area contributed by atoms with Crippen LogP contribution < -0.4 is 5.32 Å². The number of pyridine rings is 1. The monoisotopic (exact) mass is 284 g/mol. The number of aryl methyl sites for hydroxylation is 1. The number of carbonyl (C=O) groups is 1. The molecular formula is C16H13FN2O2. The first-order valence-corrected chi connectivity index (χ1v) is 6.22. The summed E-state index contributed by atoms with van der Waals surface area (Å²) in [7, 11) is 0. The fraction of sp³-hybridized carbons (Fsp3) is 0.125. The molecule has 0 aliphatic carbocycles. The van der Waals surface area contributed by atoms with Gasteiger partial charge in [-0.05, 0) is 36.8 Å². The van der Waals surface area contributed by atoms with Crippen LogP contribution in [0.3, 0.4) is 0 Å². The Labute approximate surface area is 121 Å². The van der Waals surface area contributed by atoms with Crippen molar-refractivity contribution in [3.05, 3.63) is 59.2 Å². The van der Waals surface area contributed by atoms with Gasteiger partial charge < -0.3 is 10.4 Å². The van der Waals surface area contributed by atoms with Crippen molar-refractivity contribution in [1.29, 1.82) is 0 Å². The molecule has 21 heavy (non-hydrogen) atoms. The second-order valence-electron chi connectivity index (χ2n) is 4.35. The molecule has 0 aliphatic rings. The molecule has 106 valence electrons. The summed E-state index contributed by atoms with van der Waals surface area (Å²) in [5.74, 6) is 4.29. The number of nitrogens with zero attached hydrogens (tertiary/aromatic N) is 1. The smallest absolute Gasteiger partial charge is 0.257 e. The molecule has 2 rings (SSSR count). The van der Waals surface area contributed by atoms with Crippen molar-refractivity contribution < 1.29 is 14.3 Å². The molecule has 1 heterocycles. The van der Waals surface area contributed by atoms with Crippen LogP contribution in [0.15, 0.2) is 36.7 Å². The summed E-state index contributed by atoms with van der Waals surface area (Å²) in [5, 5.41) is 11.3. The molecular weight excluding hydrogens is 271 g/mol. The molecule has 0 saturated carbocycles. The van der Waals surface area contributed by atoms with Crippen molar-refractivity contribution in [3.8, 4) is 11.8 Å². The Bertz CT molecular complexity index is 712. The summed E-state index contributed by atoms with van der Waals surface area (Å²) in [4.78, 5) is 16.1. The molecule has 2 aromatic rings. The van der Waals surface area contributed by atoms with E-state index in [-0.39, 0.29) is 6.61 Å². The van der Waals surface area contributed by atoms with E-state index in [1.165, 1.54) is 30.6 Å². The summed E-state index contributed by atoms with van der Waals surface area (Å²) in [5.41, 5.74) is 1.79. The van der Waals surface area contributed by atoms with E-state index in [0.717, 1.165) is 0 Å². The maximum atomic E-state index is 13.3. The quantitative estimate of drug-likeness (QED) is 0.830. The van der Waals surface area contributed by atoms with E-state index in [2.05, 4.69) is 22.1 Å². The summed E-state index contributed by atoms with van der Waals surface area (Å²) < 4.78 is 13.3. The van der Waals surface area contributed by atoms with Gasteiger partial charge in [0, 0.05) is 18.1 Å². The largest absolute Gasteiger partial charge is 0.384 e. The van der Waals surface area contributed by atoms with Crippen LogP contribution in [0.25, 0.3) is 0 Å². The normalized spacial score (nSPS) is 9.67. The van der Waals surface area contributed by atoms with Crippen molar-refractivity contribution in [2.45, 2.75) is 6.92 Å². The first-order chi connectivity index (χ1) is 10.1. The van der Waals surface area contributed by atoms with Crippen LogP contribution in [-0.2, 0) is 0 Å². The van der Waals surface area contributed by atoms with E-state index in [1.54, 1.807) is 13.0 Å². The van der Waals surface area contributed by atoms with Gasteiger partial charge in [-0.1, -0.05) is 11.8 Å². The zero-order valence-electron chi connectivity index (χ0n) is 11.4. The third-order valence-corrected chi connectivity index (χ3v) is 2.67. The fourth-order valence-corrected chi connectivity index (χ4v) is 1.83. The Balaban J connectivity index is 2.28. The van der Waals surface area contributed by atoms with Gasteiger partial charge in [0.2, 0.25) is 0 Å². The van der Waals surface area contributed by atoms with E-state index in [9.17, 15) is 9.18 Å². The van der Waals surface area contributed by atoms with Crippen molar-refractivity contribution in [3.63, 3.8) is 0 Å². The number of rotatable bonds is 2. The SMILES string of the molecule is Cc1cc(F)cc(NC(=O)c2ccncc2C#CCO)c1. The van der Waals surface area contributed by atoms with Gasteiger partial charge in [0.15, 0.2) is 0 Å². The van der Waals surface area contributed by atoms with Gasteiger partial charge in [-0.25, -0.2) is 4.39 Å². The summed E-state index contributed by atoms with van der Waals surface area (Å²) >= 11 is 0. The number of hydrogen-bond acceptors (Lipinski definition) is 3. The number of anilines is 1. The lowest BCUT2D eigenvalue weighted by molar-refractivity contribution is 0.102. The third-order valence-electron chi connectivity index (χ3n) is 2.67. The highest BCUT2D eigenvalue weighted by Crippen LogP contribution is 2.15. The molecule has 0 aliphatic heterocycles.